The van der Waals surface area contributed by atoms with Crippen molar-refractivity contribution in [1.82, 2.24) is 5.43 Å². The van der Waals surface area contributed by atoms with Gasteiger partial charge in [0, 0.05) is 12.0 Å². The van der Waals surface area contributed by atoms with Gasteiger partial charge in [0.1, 0.15) is 11.8 Å². The Morgan fingerprint density at radius 3 is 2.56 bits per heavy atom. The second-order valence-corrected chi connectivity index (χ2v) is 5.78. The van der Waals surface area contributed by atoms with E-state index in [0.717, 1.165) is 12.2 Å². The molecule has 1 aliphatic heterocycles. The van der Waals surface area contributed by atoms with Crippen molar-refractivity contribution in [2.24, 2.45) is 5.10 Å². The van der Waals surface area contributed by atoms with Gasteiger partial charge in [-0.15, -0.1) is 0 Å². The maximum absolute atomic E-state index is 15.3. The van der Waals surface area contributed by atoms with Crippen LogP contribution < -0.4 is 5.43 Å². The Labute approximate surface area is 140 Å². The van der Waals surface area contributed by atoms with Gasteiger partial charge in [0.05, 0.1) is 0 Å². The minimum atomic E-state index is -4.71. The molecular weight excluding hydrogens is 340 g/mol. The summed E-state index contributed by atoms with van der Waals surface area (Å²) in [4.78, 5) is 11.1. The molecule has 0 saturated carbocycles. The van der Waals surface area contributed by atoms with Crippen LogP contribution in [0.2, 0.25) is 0 Å². The number of ether oxygens (including phenoxy) is 1. The van der Waals surface area contributed by atoms with Gasteiger partial charge in [-0.05, 0) is 24.1 Å². The van der Waals surface area contributed by atoms with Gasteiger partial charge < -0.3 is 4.74 Å². The number of nitrogens with zero attached hydrogens (tertiary/aromatic N) is 1. The predicted octanol–water partition coefficient (Wildman–Crippen LogP) is 4.16. The van der Waals surface area contributed by atoms with Gasteiger partial charge in [0.15, 0.2) is 5.67 Å². The zero-order valence-electron chi connectivity index (χ0n) is 13.1. The van der Waals surface area contributed by atoms with Gasteiger partial charge in [-0.2, -0.15) is 18.3 Å². The van der Waals surface area contributed by atoms with Crippen LogP contribution in [0.1, 0.15) is 18.9 Å². The number of rotatable bonds is 2. The molecule has 0 aromatic heterocycles. The van der Waals surface area contributed by atoms with Crippen LogP contribution in [-0.4, -0.2) is 29.8 Å². The highest BCUT2D eigenvalue weighted by atomic mass is 19.4. The molecule has 0 spiro atoms. The zero-order valence-corrected chi connectivity index (χ0v) is 13.1. The Kier molecular flexibility index (Phi) is 4.14. The van der Waals surface area contributed by atoms with E-state index in [1.54, 1.807) is 18.2 Å². The van der Waals surface area contributed by atoms with Crippen LogP contribution in [0, 0.1) is 0 Å². The Morgan fingerprint density at radius 1 is 1.28 bits per heavy atom. The molecule has 1 N–H and O–H groups in total. The van der Waals surface area contributed by atoms with Crippen LogP contribution in [0.4, 0.5) is 22.4 Å². The van der Waals surface area contributed by atoms with E-state index in [1.165, 1.54) is 19.1 Å². The van der Waals surface area contributed by atoms with Crippen LogP contribution in [-0.2, 0) is 4.74 Å². The van der Waals surface area contributed by atoms with Crippen molar-refractivity contribution in [2.75, 3.05) is 0 Å². The van der Waals surface area contributed by atoms with Crippen LogP contribution >= 0.6 is 0 Å². The molecule has 1 amide bonds. The highest BCUT2D eigenvalue weighted by Crippen LogP contribution is 2.44. The fourth-order valence-corrected chi connectivity index (χ4v) is 2.91. The molecule has 1 unspecified atom stereocenters. The van der Waals surface area contributed by atoms with Crippen LogP contribution in [0.3, 0.4) is 0 Å². The predicted molar refractivity (Wildman–Crippen MR) is 83.5 cm³/mol. The van der Waals surface area contributed by atoms with Crippen molar-refractivity contribution < 1.29 is 27.1 Å². The number of benzene rings is 1. The number of alkyl halides is 4. The normalized spacial score (nSPS) is 26.8. The number of hydrazone groups is 1. The third-order valence-electron chi connectivity index (χ3n) is 4.06. The molecule has 2 aliphatic rings. The van der Waals surface area contributed by atoms with E-state index in [2.05, 4.69) is 5.10 Å². The van der Waals surface area contributed by atoms with Gasteiger partial charge in [-0.25, -0.2) is 14.6 Å². The first-order valence-corrected chi connectivity index (χ1v) is 7.49. The van der Waals surface area contributed by atoms with E-state index >= 15 is 4.39 Å². The van der Waals surface area contributed by atoms with Gasteiger partial charge in [0.25, 0.3) is 0 Å². The molecule has 1 aromatic carbocycles. The molecular formula is C17H14F4N2O2. The first-order valence-electron chi connectivity index (χ1n) is 7.49. The van der Waals surface area contributed by atoms with Crippen molar-refractivity contribution in [1.29, 1.82) is 0 Å². The van der Waals surface area contributed by atoms with Crippen molar-refractivity contribution in [3.05, 3.63) is 53.6 Å². The SMILES string of the molecule is C[C@@H]1OC(=O)NN=C1C1(F)C=CC(c2ccccc2)=C(C(F)(F)F)C1. The molecule has 0 saturated heterocycles. The Hall–Kier alpha value is -2.64. The summed E-state index contributed by atoms with van der Waals surface area (Å²) in [6, 6.07) is 7.96. The Morgan fingerprint density at radius 2 is 1.96 bits per heavy atom. The lowest BCUT2D eigenvalue weighted by Crippen LogP contribution is -2.48. The van der Waals surface area contributed by atoms with E-state index < -0.39 is 36.0 Å². The molecule has 132 valence electrons. The highest BCUT2D eigenvalue weighted by molar-refractivity contribution is 6.02. The highest BCUT2D eigenvalue weighted by Gasteiger charge is 2.48. The van der Waals surface area contributed by atoms with Gasteiger partial charge in [-0.3, -0.25) is 0 Å². The molecule has 4 nitrogen and oxygen atoms in total. The second kappa shape index (κ2) is 6.02. The number of halogens is 4. The van der Waals surface area contributed by atoms with E-state index in [9.17, 15) is 18.0 Å². The van der Waals surface area contributed by atoms with Crippen molar-refractivity contribution in [3.8, 4) is 0 Å². The van der Waals surface area contributed by atoms with E-state index in [-0.39, 0.29) is 11.3 Å². The summed E-state index contributed by atoms with van der Waals surface area (Å²) in [7, 11) is 0. The zero-order chi connectivity index (χ0) is 18.2. The number of allylic oxidation sites excluding steroid dienone is 4. The Bertz CT molecular complexity index is 784. The topological polar surface area (TPSA) is 50.7 Å². The average molecular weight is 354 g/mol. The lowest BCUT2D eigenvalue weighted by molar-refractivity contribution is -0.0957. The number of hydrogen-bond donors (Lipinski definition) is 1. The summed E-state index contributed by atoms with van der Waals surface area (Å²) in [5.41, 5.74) is -1.61. The quantitative estimate of drug-likeness (QED) is 0.811. The number of carbonyl (C=O) groups excluding carboxylic acids is 1. The third kappa shape index (κ3) is 3.29. The van der Waals surface area contributed by atoms with E-state index in [1.807, 2.05) is 5.43 Å². The van der Waals surface area contributed by atoms with Crippen LogP contribution in [0.15, 0.2) is 53.2 Å². The standard InChI is InChI=1S/C17H14F4N2O2/c1-10-14(22-23-15(24)25-10)16(18)8-7-12(11-5-3-2-4-6-11)13(9-16)17(19,20)21/h2-8,10H,9H2,1H3,(H,23,24)/t10-,16?/m0/s1. The molecule has 0 bridgehead atoms. The largest absolute Gasteiger partial charge is 0.439 e. The number of hydrogen-bond acceptors (Lipinski definition) is 3. The smallest absolute Gasteiger partial charge is 0.428 e. The number of carbonyl (C=O) groups is 1. The van der Waals surface area contributed by atoms with Gasteiger partial charge in [0.2, 0.25) is 0 Å². The first kappa shape index (κ1) is 17.2. The molecule has 3 rings (SSSR count). The fraction of sp³-hybridized carbons (Fsp3) is 0.294. The number of nitrogens with one attached hydrogen (secondary N) is 1. The summed E-state index contributed by atoms with van der Waals surface area (Å²) in [5, 5.41) is 3.58. The van der Waals surface area contributed by atoms with Crippen molar-refractivity contribution in [2.45, 2.75) is 31.3 Å². The van der Waals surface area contributed by atoms with Gasteiger partial charge in [-0.1, -0.05) is 36.4 Å². The maximum Gasteiger partial charge on any atom is 0.428 e. The minimum absolute atomic E-state index is 0.0876. The Balaban J connectivity index is 2.04. The molecule has 0 fully saturated rings. The summed E-state index contributed by atoms with van der Waals surface area (Å²) in [5.74, 6) is 0. The van der Waals surface area contributed by atoms with E-state index in [0.29, 0.717) is 5.56 Å². The summed E-state index contributed by atoms with van der Waals surface area (Å²) < 4.78 is 60.8. The molecule has 25 heavy (non-hydrogen) atoms. The summed E-state index contributed by atoms with van der Waals surface area (Å²) in [6.07, 6.45) is -5.48. The summed E-state index contributed by atoms with van der Waals surface area (Å²) >= 11 is 0. The molecule has 8 heteroatoms. The fourth-order valence-electron chi connectivity index (χ4n) is 2.91. The number of amides is 1. The molecule has 2 atom stereocenters. The van der Waals surface area contributed by atoms with E-state index in [4.69, 9.17) is 4.74 Å². The van der Waals surface area contributed by atoms with Gasteiger partial charge >= 0.3 is 12.3 Å². The van der Waals surface area contributed by atoms with Crippen LogP contribution in [0.25, 0.3) is 5.57 Å². The molecule has 1 aliphatic carbocycles. The summed E-state index contributed by atoms with van der Waals surface area (Å²) in [6.45, 7) is 1.36. The maximum atomic E-state index is 15.3. The van der Waals surface area contributed by atoms with Crippen molar-refractivity contribution in [3.63, 3.8) is 0 Å². The third-order valence-corrected chi connectivity index (χ3v) is 4.06. The molecule has 1 heterocycles. The molecule has 1 aromatic rings. The lowest BCUT2D eigenvalue weighted by atomic mass is 9.80. The lowest BCUT2D eigenvalue weighted by Gasteiger charge is -2.33. The number of cyclic esters (lactones) is 1. The van der Waals surface area contributed by atoms with Crippen molar-refractivity contribution >= 4 is 17.4 Å². The molecule has 0 radical (unpaired) electrons. The first-order chi connectivity index (χ1) is 11.7. The van der Waals surface area contributed by atoms with Crippen LogP contribution in [0.5, 0.6) is 0 Å². The second-order valence-electron chi connectivity index (χ2n) is 5.78. The minimum Gasteiger partial charge on any atom is -0.439 e. The monoisotopic (exact) mass is 354 g/mol. The average Bonchev–Trinajstić information content (AvgIpc) is 2.54.